The van der Waals surface area contributed by atoms with Crippen LogP contribution in [-0.2, 0) is 42.6 Å². The summed E-state index contributed by atoms with van der Waals surface area (Å²) in [5.74, 6) is -0.370. The normalized spacial score (nSPS) is 17.6. The van der Waals surface area contributed by atoms with E-state index in [2.05, 4.69) is 10.0 Å². The zero-order valence-corrected chi connectivity index (χ0v) is 24.6. The summed E-state index contributed by atoms with van der Waals surface area (Å²) in [5, 5.41) is 4.16. The highest BCUT2D eigenvalue weighted by atomic mass is 35.5. The lowest BCUT2D eigenvalue weighted by molar-refractivity contribution is -0.140. The van der Waals surface area contributed by atoms with Gasteiger partial charge in [-0.05, 0) is 61.4 Å². The summed E-state index contributed by atoms with van der Waals surface area (Å²) in [7, 11) is 1.04. The molecule has 0 atom stereocenters. The fourth-order valence-electron chi connectivity index (χ4n) is 5.22. The van der Waals surface area contributed by atoms with Gasteiger partial charge >= 0.3 is 5.97 Å². The maximum absolute atomic E-state index is 13.3. The number of aryl methyl sites for hydroxylation is 2. The van der Waals surface area contributed by atoms with Gasteiger partial charge < -0.3 is 19.4 Å². The second-order valence-corrected chi connectivity index (χ2v) is 12.2. The lowest BCUT2D eigenvalue weighted by Gasteiger charge is -2.28. The lowest BCUT2D eigenvalue weighted by atomic mass is 9.86. The Labute approximate surface area is 240 Å². The topological polar surface area (TPSA) is 116 Å². The largest absolute Gasteiger partial charge is 0.469 e. The number of fused-ring (bicyclic) bond motifs is 1. The van der Waals surface area contributed by atoms with Crippen LogP contribution in [0.15, 0.2) is 47.4 Å². The molecule has 1 aromatic heterocycles. The van der Waals surface area contributed by atoms with E-state index in [0.717, 1.165) is 22.2 Å². The average Bonchev–Trinajstić information content (AvgIpc) is 3.21. The van der Waals surface area contributed by atoms with Crippen LogP contribution in [0.4, 0.5) is 0 Å². The number of nitrogens with one attached hydrogen (secondary N) is 2. The van der Waals surface area contributed by atoms with Gasteiger partial charge in [0.05, 0.1) is 34.8 Å². The molecule has 40 heavy (non-hydrogen) atoms. The minimum Gasteiger partial charge on any atom is -0.469 e. The van der Waals surface area contributed by atoms with Gasteiger partial charge in [0, 0.05) is 44.5 Å². The van der Waals surface area contributed by atoms with Crippen molar-refractivity contribution in [3.05, 3.63) is 53.1 Å². The molecule has 0 radical (unpaired) electrons. The number of carbonyl (C=O) groups is 2. The van der Waals surface area contributed by atoms with Crippen molar-refractivity contribution in [1.82, 2.24) is 14.6 Å². The summed E-state index contributed by atoms with van der Waals surface area (Å²) >= 11 is 6.77. The first-order valence-corrected chi connectivity index (χ1v) is 15.2. The Morgan fingerprint density at radius 1 is 1.05 bits per heavy atom. The number of hydrogen-bond donors (Lipinski definition) is 2. The van der Waals surface area contributed by atoms with E-state index >= 15 is 0 Å². The zero-order valence-electron chi connectivity index (χ0n) is 23.0. The van der Waals surface area contributed by atoms with E-state index in [4.69, 9.17) is 21.1 Å². The fraction of sp³-hybridized carbons (Fsp3) is 0.448. The monoisotopic (exact) mass is 589 g/mol. The summed E-state index contributed by atoms with van der Waals surface area (Å²) in [5.41, 5.74) is 3.37. The molecular formula is C29H36ClN3O6S. The second kappa shape index (κ2) is 13.2. The van der Waals surface area contributed by atoms with E-state index < -0.39 is 10.0 Å². The van der Waals surface area contributed by atoms with Gasteiger partial charge in [-0.15, -0.1) is 0 Å². The van der Waals surface area contributed by atoms with Crippen molar-refractivity contribution in [2.24, 2.45) is 13.0 Å². The second-order valence-electron chi connectivity index (χ2n) is 10.1. The van der Waals surface area contributed by atoms with E-state index in [1.165, 1.54) is 7.11 Å². The minimum absolute atomic E-state index is 0.00367. The summed E-state index contributed by atoms with van der Waals surface area (Å²) in [6.45, 7) is 0.932. The van der Waals surface area contributed by atoms with Crippen LogP contribution in [0.25, 0.3) is 22.2 Å². The van der Waals surface area contributed by atoms with Gasteiger partial charge in [-0.1, -0.05) is 35.9 Å². The molecule has 4 rings (SSSR count). The van der Waals surface area contributed by atoms with Crippen LogP contribution in [0, 0.1) is 5.92 Å². The lowest BCUT2D eigenvalue weighted by Crippen LogP contribution is -2.41. The molecule has 216 valence electrons. The number of rotatable bonds is 11. The quantitative estimate of drug-likeness (QED) is 0.256. The predicted octanol–water partition coefficient (Wildman–Crippen LogP) is 4.20. The maximum Gasteiger partial charge on any atom is 0.305 e. The molecule has 0 unspecified atom stereocenters. The zero-order chi connectivity index (χ0) is 28.9. The Morgan fingerprint density at radius 2 is 1.75 bits per heavy atom. The maximum atomic E-state index is 13.3. The highest BCUT2D eigenvalue weighted by Gasteiger charge is 2.29. The Morgan fingerprint density at radius 3 is 2.40 bits per heavy atom. The van der Waals surface area contributed by atoms with Gasteiger partial charge in [0.2, 0.25) is 15.9 Å². The number of esters is 1. The fourth-order valence-corrected chi connectivity index (χ4v) is 6.94. The van der Waals surface area contributed by atoms with Crippen LogP contribution in [0.5, 0.6) is 0 Å². The highest BCUT2D eigenvalue weighted by Crippen LogP contribution is 2.38. The predicted molar refractivity (Wildman–Crippen MR) is 155 cm³/mol. The number of sulfonamides is 1. The Hall–Kier alpha value is -2.92. The van der Waals surface area contributed by atoms with Crippen LogP contribution < -0.4 is 10.0 Å². The van der Waals surface area contributed by atoms with Crippen LogP contribution >= 0.6 is 11.6 Å². The molecule has 1 heterocycles. The summed E-state index contributed by atoms with van der Waals surface area (Å²) < 4.78 is 41.0. The number of benzene rings is 2. The average molecular weight is 590 g/mol. The van der Waals surface area contributed by atoms with Crippen LogP contribution in [0.3, 0.4) is 0 Å². The number of nitrogens with zero attached hydrogens (tertiary/aromatic N) is 1. The van der Waals surface area contributed by atoms with Crippen molar-refractivity contribution in [3.8, 4) is 11.3 Å². The van der Waals surface area contributed by atoms with Gasteiger partial charge in [-0.25, -0.2) is 13.1 Å². The number of methoxy groups -OCH3 is 2. The number of ether oxygens (including phenoxy) is 2. The molecule has 1 aliphatic rings. The van der Waals surface area contributed by atoms with Crippen LogP contribution in [0.2, 0.25) is 5.02 Å². The van der Waals surface area contributed by atoms with Crippen molar-refractivity contribution in [1.29, 1.82) is 0 Å². The molecule has 1 aliphatic carbocycles. The summed E-state index contributed by atoms with van der Waals surface area (Å²) in [6.07, 6.45) is 3.33. The number of carbonyl (C=O) groups excluding carboxylic acids is 2. The molecule has 11 heteroatoms. The standard InChI is InChI=1S/C29H36ClN3O6S/c1-33-25-18-23(40(36,37)32-22-11-9-21(10-12-22)29(35)31-16-17-38-2)13-14-24(25)27(30)28(33)20-7-4-19(5-8-20)6-15-26(34)39-3/h4-5,7-8,13-14,18,21-22,32H,6,9-12,15-17H2,1-3H3,(H,31,35). The van der Waals surface area contributed by atoms with Crippen LogP contribution in [0.1, 0.15) is 37.7 Å². The molecule has 1 amide bonds. The Bertz CT molecular complexity index is 1460. The Kier molecular flexibility index (Phi) is 9.89. The SMILES string of the molecule is COCCNC(=O)C1CCC(NS(=O)(=O)c2ccc3c(Cl)c(-c4ccc(CCC(=O)OC)cc4)n(C)c3c2)CC1. The molecule has 0 saturated heterocycles. The Balaban J connectivity index is 1.46. The molecule has 9 nitrogen and oxygen atoms in total. The first kappa shape index (κ1) is 30.0. The van der Waals surface area contributed by atoms with Crippen LogP contribution in [-0.4, -0.2) is 58.3 Å². The highest BCUT2D eigenvalue weighted by molar-refractivity contribution is 7.89. The third kappa shape index (κ3) is 6.86. The summed E-state index contributed by atoms with van der Waals surface area (Å²) in [4.78, 5) is 23.9. The first-order valence-electron chi connectivity index (χ1n) is 13.4. The molecule has 3 aromatic rings. The molecule has 2 aromatic carbocycles. The van der Waals surface area contributed by atoms with Crippen molar-refractivity contribution in [2.45, 2.75) is 49.5 Å². The molecule has 0 bridgehead atoms. The molecular weight excluding hydrogens is 554 g/mol. The molecule has 0 spiro atoms. The van der Waals surface area contributed by atoms with E-state index in [1.807, 2.05) is 35.9 Å². The molecule has 1 saturated carbocycles. The molecule has 2 N–H and O–H groups in total. The van der Waals surface area contributed by atoms with Gasteiger partial charge in [0.15, 0.2) is 0 Å². The molecule has 0 aliphatic heterocycles. The number of amides is 1. The van der Waals surface area contributed by atoms with Crippen molar-refractivity contribution in [2.75, 3.05) is 27.4 Å². The van der Waals surface area contributed by atoms with E-state index in [9.17, 15) is 18.0 Å². The van der Waals surface area contributed by atoms with Crippen molar-refractivity contribution >= 4 is 44.4 Å². The van der Waals surface area contributed by atoms with Gasteiger partial charge in [0.25, 0.3) is 0 Å². The first-order chi connectivity index (χ1) is 19.1. The van der Waals surface area contributed by atoms with E-state index in [1.54, 1.807) is 25.3 Å². The third-order valence-electron chi connectivity index (χ3n) is 7.52. The van der Waals surface area contributed by atoms with Crippen molar-refractivity contribution < 1.29 is 27.5 Å². The molecule has 1 fully saturated rings. The minimum atomic E-state index is -3.77. The van der Waals surface area contributed by atoms with E-state index in [-0.39, 0.29) is 28.7 Å². The number of aromatic nitrogens is 1. The van der Waals surface area contributed by atoms with E-state index in [0.29, 0.717) is 62.2 Å². The van der Waals surface area contributed by atoms with Crippen molar-refractivity contribution in [3.63, 3.8) is 0 Å². The van der Waals surface area contributed by atoms with Gasteiger partial charge in [-0.3, -0.25) is 9.59 Å². The smallest absolute Gasteiger partial charge is 0.305 e. The van der Waals surface area contributed by atoms with Gasteiger partial charge in [-0.2, -0.15) is 0 Å². The number of halogens is 1. The summed E-state index contributed by atoms with van der Waals surface area (Å²) in [6, 6.07) is 12.5. The number of hydrogen-bond acceptors (Lipinski definition) is 6. The third-order valence-corrected chi connectivity index (χ3v) is 9.42. The van der Waals surface area contributed by atoms with Gasteiger partial charge in [0.1, 0.15) is 0 Å².